The van der Waals surface area contributed by atoms with Crippen molar-refractivity contribution in [3.05, 3.63) is 72.3 Å². The van der Waals surface area contributed by atoms with Gasteiger partial charge in [-0.3, -0.25) is 14.5 Å². The van der Waals surface area contributed by atoms with Gasteiger partial charge >= 0.3 is 0 Å². The van der Waals surface area contributed by atoms with Crippen molar-refractivity contribution in [1.82, 2.24) is 9.80 Å². The fraction of sp³-hybridized carbons (Fsp3) is 0.357. The van der Waals surface area contributed by atoms with Crippen molar-refractivity contribution in [3.8, 4) is 5.75 Å². The van der Waals surface area contributed by atoms with Crippen LogP contribution >= 0.6 is 0 Å². The first-order valence-electron chi connectivity index (χ1n) is 12.0. The summed E-state index contributed by atoms with van der Waals surface area (Å²) in [6.45, 7) is 4.82. The van der Waals surface area contributed by atoms with Crippen LogP contribution in [0.3, 0.4) is 0 Å². The lowest BCUT2D eigenvalue weighted by Crippen LogP contribution is -2.44. The second-order valence-electron chi connectivity index (χ2n) is 8.85. The van der Waals surface area contributed by atoms with Gasteiger partial charge in [-0.15, -0.1) is 0 Å². The van der Waals surface area contributed by atoms with E-state index in [2.05, 4.69) is 16.3 Å². The number of nitrogens with zero attached hydrogens (tertiary/aromatic N) is 2. The number of anilines is 1. The van der Waals surface area contributed by atoms with E-state index in [4.69, 9.17) is 4.74 Å². The largest absolute Gasteiger partial charge is 0.497 e. The molecule has 0 spiro atoms. The third-order valence-corrected chi connectivity index (χ3v) is 6.61. The van der Waals surface area contributed by atoms with Crippen LogP contribution in [0.25, 0.3) is 10.8 Å². The summed E-state index contributed by atoms with van der Waals surface area (Å²) < 4.78 is 5.19. The first-order chi connectivity index (χ1) is 16.5. The monoisotopic (exact) mass is 459 g/mol. The molecule has 4 rings (SSSR count). The van der Waals surface area contributed by atoms with Gasteiger partial charge in [-0.2, -0.15) is 0 Å². The van der Waals surface area contributed by atoms with E-state index in [1.54, 1.807) is 7.11 Å². The molecule has 1 N–H and O–H groups in total. The number of methoxy groups -OCH3 is 1. The Morgan fingerprint density at radius 3 is 2.47 bits per heavy atom. The zero-order chi connectivity index (χ0) is 23.9. The lowest BCUT2D eigenvalue weighted by atomic mass is 10.1. The van der Waals surface area contributed by atoms with Gasteiger partial charge in [0.25, 0.3) is 0 Å². The molecular weight excluding hydrogens is 426 g/mol. The minimum absolute atomic E-state index is 0.0189. The SMILES string of the molecule is COc1ccc(CCC(=O)N2CCCN(C(C)C(=O)Nc3ccc4ccccc4c3)CC2)cc1. The third-order valence-electron chi connectivity index (χ3n) is 6.61. The van der Waals surface area contributed by atoms with Crippen LogP contribution in [0.1, 0.15) is 25.3 Å². The highest BCUT2D eigenvalue weighted by Gasteiger charge is 2.25. The van der Waals surface area contributed by atoms with Crippen LogP contribution in [-0.2, 0) is 16.0 Å². The van der Waals surface area contributed by atoms with Gasteiger partial charge in [-0.25, -0.2) is 0 Å². The molecule has 1 saturated heterocycles. The van der Waals surface area contributed by atoms with Gasteiger partial charge in [-0.05, 0) is 60.4 Å². The maximum Gasteiger partial charge on any atom is 0.241 e. The molecule has 3 aromatic carbocycles. The second kappa shape index (κ2) is 11.2. The summed E-state index contributed by atoms with van der Waals surface area (Å²) in [7, 11) is 1.65. The Balaban J connectivity index is 1.28. The summed E-state index contributed by atoms with van der Waals surface area (Å²) in [6.07, 6.45) is 2.07. The number of carbonyl (C=O) groups is 2. The van der Waals surface area contributed by atoms with E-state index in [9.17, 15) is 9.59 Å². The third kappa shape index (κ3) is 5.94. The van der Waals surface area contributed by atoms with Gasteiger partial charge in [-0.1, -0.05) is 42.5 Å². The van der Waals surface area contributed by atoms with E-state index in [1.165, 1.54) is 0 Å². The fourth-order valence-electron chi connectivity index (χ4n) is 4.46. The minimum Gasteiger partial charge on any atom is -0.497 e. The molecule has 1 aliphatic rings. The van der Waals surface area contributed by atoms with Crippen molar-refractivity contribution in [3.63, 3.8) is 0 Å². The molecule has 0 aliphatic carbocycles. The van der Waals surface area contributed by atoms with Crippen molar-refractivity contribution in [2.75, 3.05) is 38.6 Å². The number of amides is 2. The summed E-state index contributed by atoms with van der Waals surface area (Å²) in [4.78, 5) is 29.9. The highest BCUT2D eigenvalue weighted by molar-refractivity contribution is 5.97. The highest BCUT2D eigenvalue weighted by Crippen LogP contribution is 2.20. The van der Waals surface area contributed by atoms with E-state index in [1.807, 2.05) is 72.5 Å². The summed E-state index contributed by atoms with van der Waals surface area (Å²) in [5.74, 6) is 0.974. The summed E-state index contributed by atoms with van der Waals surface area (Å²) in [6, 6.07) is 21.7. The molecule has 0 saturated carbocycles. The van der Waals surface area contributed by atoms with Gasteiger partial charge in [0.1, 0.15) is 5.75 Å². The molecule has 1 unspecified atom stereocenters. The first kappa shape index (κ1) is 23.8. The Labute approximate surface area is 201 Å². The Hall–Kier alpha value is -3.38. The summed E-state index contributed by atoms with van der Waals surface area (Å²) in [5, 5.41) is 5.32. The zero-order valence-electron chi connectivity index (χ0n) is 20.0. The Morgan fingerprint density at radius 2 is 1.71 bits per heavy atom. The van der Waals surface area contributed by atoms with E-state index in [-0.39, 0.29) is 17.9 Å². The quantitative estimate of drug-likeness (QED) is 0.571. The molecule has 6 heteroatoms. The van der Waals surface area contributed by atoms with Crippen LogP contribution in [0.4, 0.5) is 5.69 Å². The average Bonchev–Trinajstić information content (AvgIpc) is 3.13. The molecule has 1 aliphatic heterocycles. The van der Waals surface area contributed by atoms with E-state index >= 15 is 0 Å². The van der Waals surface area contributed by atoms with Crippen molar-refractivity contribution in [1.29, 1.82) is 0 Å². The van der Waals surface area contributed by atoms with Crippen LogP contribution in [0.2, 0.25) is 0 Å². The molecule has 1 heterocycles. The maximum absolute atomic E-state index is 12.9. The summed E-state index contributed by atoms with van der Waals surface area (Å²) in [5.41, 5.74) is 1.94. The van der Waals surface area contributed by atoms with Crippen molar-refractivity contribution >= 4 is 28.3 Å². The molecule has 0 radical (unpaired) electrons. The van der Waals surface area contributed by atoms with Crippen LogP contribution in [0.15, 0.2) is 66.7 Å². The molecule has 2 amide bonds. The van der Waals surface area contributed by atoms with Gasteiger partial charge < -0.3 is 15.0 Å². The minimum atomic E-state index is -0.263. The summed E-state index contributed by atoms with van der Waals surface area (Å²) >= 11 is 0. The normalized spacial score (nSPS) is 15.5. The Morgan fingerprint density at radius 1 is 0.941 bits per heavy atom. The molecule has 1 atom stereocenters. The van der Waals surface area contributed by atoms with Crippen LogP contribution < -0.4 is 10.1 Å². The van der Waals surface area contributed by atoms with Gasteiger partial charge in [0.05, 0.1) is 13.2 Å². The molecular formula is C28H33N3O3. The smallest absolute Gasteiger partial charge is 0.241 e. The lowest BCUT2D eigenvalue weighted by molar-refractivity contribution is -0.131. The number of hydrogen-bond donors (Lipinski definition) is 1. The second-order valence-corrected chi connectivity index (χ2v) is 8.85. The van der Waals surface area contributed by atoms with Crippen LogP contribution in [-0.4, -0.2) is 60.9 Å². The number of carbonyl (C=O) groups excluding carboxylic acids is 2. The van der Waals surface area contributed by atoms with E-state index in [0.29, 0.717) is 25.9 Å². The Kier molecular flexibility index (Phi) is 7.80. The predicted molar refractivity (Wildman–Crippen MR) is 136 cm³/mol. The number of hydrogen-bond acceptors (Lipinski definition) is 4. The van der Waals surface area contributed by atoms with Gasteiger partial charge in [0, 0.05) is 38.3 Å². The number of benzene rings is 3. The lowest BCUT2D eigenvalue weighted by Gasteiger charge is -2.27. The zero-order valence-corrected chi connectivity index (χ0v) is 20.0. The fourth-order valence-corrected chi connectivity index (χ4v) is 4.46. The number of aryl methyl sites for hydroxylation is 1. The van der Waals surface area contributed by atoms with Crippen LogP contribution in [0, 0.1) is 0 Å². The molecule has 6 nitrogen and oxygen atoms in total. The molecule has 0 aromatic heterocycles. The van der Waals surface area contributed by atoms with Gasteiger partial charge in [0.2, 0.25) is 11.8 Å². The Bertz CT molecular complexity index is 1130. The van der Waals surface area contributed by atoms with E-state index < -0.39 is 0 Å². The average molecular weight is 460 g/mol. The number of rotatable bonds is 7. The number of fused-ring (bicyclic) bond motifs is 1. The van der Waals surface area contributed by atoms with Crippen molar-refractivity contribution in [2.45, 2.75) is 32.2 Å². The molecule has 1 fully saturated rings. The number of ether oxygens (including phenoxy) is 1. The van der Waals surface area contributed by atoms with E-state index in [0.717, 1.165) is 47.3 Å². The molecule has 3 aromatic rings. The molecule has 0 bridgehead atoms. The predicted octanol–water partition coefficient (Wildman–Crippen LogP) is 4.34. The topological polar surface area (TPSA) is 61.9 Å². The highest BCUT2D eigenvalue weighted by atomic mass is 16.5. The van der Waals surface area contributed by atoms with Crippen molar-refractivity contribution in [2.24, 2.45) is 0 Å². The molecule has 178 valence electrons. The van der Waals surface area contributed by atoms with Crippen molar-refractivity contribution < 1.29 is 14.3 Å². The van der Waals surface area contributed by atoms with Gasteiger partial charge in [0.15, 0.2) is 0 Å². The first-order valence-corrected chi connectivity index (χ1v) is 12.0. The van der Waals surface area contributed by atoms with Crippen LogP contribution in [0.5, 0.6) is 5.75 Å². The molecule has 34 heavy (non-hydrogen) atoms. The standard InChI is InChI=1S/C28H33N3O3/c1-21(28(33)29-25-12-11-23-6-3-4-7-24(23)20-25)30-16-5-17-31(19-18-30)27(32)15-10-22-8-13-26(34-2)14-9-22/h3-4,6-9,11-14,20-21H,5,10,15-19H2,1-2H3,(H,29,33). The number of nitrogens with one attached hydrogen (secondary N) is 1. The maximum atomic E-state index is 12.9.